The average molecular weight is 343 g/mol. The predicted octanol–water partition coefficient (Wildman–Crippen LogP) is 3.12. The van der Waals surface area contributed by atoms with Crippen LogP contribution in [0.5, 0.6) is 5.75 Å². The zero-order valence-electron chi connectivity index (χ0n) is 10.1. The Kier molecular flexibility index (Phi) is 2.94. The largest absolute Gasteiger partial charge is 0.482 e. The van der Waals surface area contributed by atoms with Crippen LogP contribution < -0.4 is 4.74 Å². The Labute approximate surface area is 119 Å². The zero-order valence-corrected chi connectivity index (χ0v) is 12.5. The van der Waals surface area contributed by atoms with Gasteiger partial charge in [0.2, 0.25) is 0 Å². The molecule has 0 saturated heterocycles. The molecule has 0 saturated carbocycles. The highest BCUT2D eigenvalue weighted by Crippen LogP contribution is 2.38. The summed E-state index contributed by atoms with van der Waals surface area (Å²) in [6.45, 7) is 0. The fourth-order valence-corrected chi connectivity index (χ4v) is 3.11. The summed E-state index contributed by atoms with van der Waals surface area (Å²) in [4.78, 5) is 0.316. The van der Waals surface area contributed by atoms with Gasteiger partial charge in [0.15, 0.2) is 20.6 Å². The van der Waals surface area contributed by atoms with E-state index in [0.29, 0.717) is 21.7 Å². The van der Waals surface area contributed by atoms with E-state index in [4.69, 9.17) is 9.15 Å². The number of rotatable bonds is 2. The maximum atomic E-state index is 11.5. The van der Waals surface area contributed by atoms with Crippen LogP contribution in [0, 0.1) is 0 Å². The fourth-order valence-electron chi connectivity index (χ4n) is 2.12. The number of sulfone groups is 1. The van der Waals surface area contributed by atoms with E-state index >= 15 is 0 Å². The van der Waals surface area contributed by atoms with Crippen molar-refractivity contribution in [3.05, 3.63) is 46.3 Å². The molecule has 1 aromatic heterocycles. The summed E-state index contributed by atoms with van der Waals surface area (Å²) in [6.07, 6.45) is 1.61. The molecule has 1 atom stereocenters. The number of benzene rings is 1. The van der Waals surface area contributed by atoms with Crippen molar-refractivity contribution in [2.24, 2.45) is 0 Å². The third-order valence-corrected chi connectivity index (χ3v) is 4.58. The van der Waals surface area contributed by atoms with E-state index in [1.165, 1.54) is 6.26 Å². The Balaban J connectivity index is 1.92. The molecule has 3 rings (SSSR count). The van der Waals surface area contributed by atoms with E-state index in [0.717, 1.165) is 11.3 Å². The monoisotopic (exact) mass is 342 g/mol. The van der Waals surface area contributed by atoms with Crippen LogP contribution in [0.15, 0.2) is 44.3 Å². The summed E-state index contributed by atoms with van der Waals surface area (Å²) in [7, 11) is -3.19. The van der Waals surface area contributed by atoms with Gasteiger partial charge in [0.05, 0.1) is 4.90 Å². The van der Waals surface area contributed by atoms with Crippen LogP contribution in [0.4, 0.5) is 0 Å². The summed E-state index contributed by atoms with van der Waals surface area (Å²) < 4.78 is 34.9. The topological polar surface area (TPSA) is 56.5 Å². The summed E-state index contributed by atoms with van der Waals surface area (Å²) in [5, 5.41) is 0. The molecule has 100 valence electrons. The number of hydrogen-bond donors (Lipinski definition) is 0. The van der Waals surface area contributed by atoms with Crippen molar-refractivity contribution in [3.63, 3.8) is 0 Å². The minimum absolute atomic E-state index is 0.198. The number of hydrogen-bond acceptors (Lipinski definition) is 4. The number of halogens is 1. The van der Waals surface area contributed by atoms with Gasteiger partial charge >= 0.3 is 0 Å². The van der Waals surface area contributed by atoms with E-state index in [-0.39, 0.29) is 6.10 Å². The molecule has 0 amide bonds. The highest BCUT2D eigenvalue weighted by molar-refractivity contribution is 9.10. The highest BCUT2D eigenvalue weighted by atomic mass is 79.9. The molecule has 1 aromatic carbocycles. The minimum atomic E-state index is -3.19. The second kappa shape index (κ2) is 4.38. The molecule has 2 heterocycles. The van der Waals surface area contributed by atoms with E-state index in [1.54, 1.807) is 18.2 Å². The maximum Gasteiger partial charge on any atom is 0.175 e. The molecule has 1 aliphatic rings. The summed E-state index contributed by atoms with van der Waals surface area (Å²) >= 11 is 3.25. The van der Waals surface area contributed by atoms with Crippen molar-refractivity contribution in [1.82, 2.24) is 0 Å². The molecule has 6 heteroatoms. The SMILES string of the molecule is CS(=O)(=O)c1ccc2c(c1)CC(c1ccc(Br)o1)O2. The lowest BCUT2D eigenvalue weighted by Crippen LogP contribution is -2.01. The zero-order chi connectivity index (χ0) is 13.6. The van der Waals surface area contributed by atoms with Gasteiger partial charge in [0.25, 0.3) is 0 Å². The van der Waals surface area contributed by atoms with Gasteiger partial charge < -0.3 is 9.15 Å². The first-order valence-electron chi connectivity index (χ1n) is 5.68. The number of furan rings is 1. The third kappa shape index (κ3) is 2.42. The first kappa shape index (κ1) is 12.7. The first-order valence-corrected chi connectivity index (χ1v) is 8.37. The van der Waals surface area contributed by atoms with Crippen LogP contribution in [0.2, 0.25) is 0 Å². The molecule has 2 aromatic rings. The lowest BCUT2D eigenvalue weighted by atomic mass is 10.1. The van der Waals surface area contributed by atoms with E-state index in [1.807, 2.05) is 12.1 Å². The second-order valence-electron chi connectivity index (χ2n) is 4.49. The molecule has 0 radical (unpaired) electrons. The average Bonchev–Trinajstić information content (AvgIpc) is 2.92. The summed E-state index contributed by atoms with van der Waals surface area (Å²) in [5.74, 6) is 1.44. The lowest BCUT2D eigenvalue weighted by molar-refractivity contribution is 0.203. The van der Waals surface area contributed by atoms with Crippen LogP contribution >= 0.6 is 15.9 Å². The Morgan fingerprint density at radius 3 is 2.68 bits per heavy atom. The maximum absolute atomic E-state index is 11.5. The molecular weight excluding hydrogens is 332 g/mol. The van der Waals surface area contributed by atoms with Crippen molar-refractivity contribution < 1.29 is 17.6 Å². The van der Waals surface area contributed by atoms with Gasteiger partial charge in [-0.05, 0) is 51.8 Å². The quantitative estimate of drug-likeness (QED) is 0.841. The molecule has 19 heavy (non-hydrogen) atoms. The molecule has 1 unspecified atom stereocenters. The van der Waals surface area contributed by atoms with E-state index in [9.17, 15) is 8.42 Å². The summed E-state index contributed by atoms with van der Waals surface area (Å²) in [6, 6.07) is 8.59. The minimum Gasteiger partial charge on any atom is -0.482 e. The van der Waals surface area contributed by atoms with Gasteiger partial charge in [-0.25, -0.2) is 8.42 Å². The Hall–Kier alpha value is -1.27. The third-order valence-electron chi connectivity index (χ3n) is 3.05. The van der Waals surface area contributed by atoms with Crippen LogP contribution in [0.1, 0.15) is 17.4 Å². The molecule has 1 aliphatic heterocycles. The van der Waals surface area contributed by atoms with Crippen molar-refractivity contribution in [1.29, 1.82) is 0 Å². The van der Waals surface area contributed by atoms with Crippen molar-refractivity contribution in [3.8, 4) is 5.75 Å². The lowest BCUT2D eigenvalue weighted by Gasteiger charge is -2.06. The van der Waals surface area contributed by atoms with Crippen molar-refractivity contribution in [2.45, 2.75) is 17.4 Å². The molecular formula is C13H11BrO4S. The van der Waals surface area contributed by atoms with Gasteiger partial charge in [-0.15, -0.1) is 0 Å². The molecule has 0 fully saturated rings. The molecule has 0 N–H and O–H groups in total. The van der Waals surface area contributed by atoms with Crippen LogP contribution in [0.3, 0.4) is 0 Å². The summed E-state index contributed by atoms with van der Waals surface area (Å²) in [5.41, 5.74) is 0.889. The van der Waals surface area contributed by atoms with Gasteiger partial charge in [0.1, 0.15) is 11.5 Å². The van der Waals surface area contributed by atoms with Crippen molar-refractivity contribution in [2.75, 3.05) is 6.26 Å². The van der Waals surface area contributed by atoms with E-state index in [2.05, 4.69) is 15.9 Å². The normalized spacial score (nSPS) is 18.1. The molecule has 0 bridgehead atoms. The fraction of sp³-hybridized carbons (Fsp3) is 0.231. The number of fused-ring (bicyclic) bond motifs is 1. The Bertz CT molecular complexity index is 733. The van der Waals surface area contributed by atoms with E-state index < -0.39 is 9.84 Å². The molecule has 0 spiro atoms. The smallest absolute Gasteiger partial charge is 0.175 e. The Morgan fingerprint density at radius 1 is 1.26 bits per heavy atom. The highest BCUT2D eigenvalue weighted by Gasteiger charge is 2.27. The first-order chi connectivity index (χ1) is 8.93. The second-order valence-corrected chi connectivity index (χ2v) is 7.29. The molecule has 4 nitrogen and oxygen atoms in total. The van der Waals surface area contributed by atoms with Crippen LogP contribution in [-0.2, 0) is 16.3 Å². The van der Waals surface area contributed by atoms with Crippen LogP contribution in [0.25, 0.3) is 0 Å². The van der Waals surface area contributed by atoms with Gasteiger partial charge in [0, 0.05) is 12.7 Å². The number of ether oxygens (including phenoxy) is 1. The van der Waals surface area contributed by atoms with Crippen LogP contribution in [-0.4, -0.2) is 14.7 Å². The Morgan fingerprint density at radius 2 is 2.05 bits per heavy atom. The van der Waals surface area contributed by atoms with Gasteiger partial charge in [-0.2, -0.15) is 0 Å². The standard InChI is InChI=1S/C13H11BrO4S/c1-19(15,16)9-2-3-10-8(6-9)7-12(17-10)11-4-5-13(14)18-11/h2-6,12H,7H2,1H3. The molecule has 0 aliphatic carbocycles. The van der Waals surface area contributed by atoms with Crippen molar-refractivity contribution >= 4 is 25.8 Å². The van der Waals surface area contributed by atoms with Gasteiger partial charge in [-0.1, -0.05) is 0 Å². The van der Waals surface area contributed by atoms with Gasteiger partial charge in [-0.3, -0.25) is 0 Å². The predicted molar refractivity (Wildman–Crippen MR) is 73.0 cm³/mol.